The molecule has 1 unspecified atom stereocenters. The number of hydrogen-bond donors (Lipinski definition) is 1. The highest BCUT2D eigenvalue weighted by Gasteiger charge is 2.32. The van der Waals surface area contributed by atoms with Gasteiger partial charge in [-0.3, -0.25) is 9.69 Å². The van der Waals surface area contributed by atoms with E-state index in [2.05, 4.69) is 22.2 Å². The Kier molecular flexibility index (Phi) is 6.42. The second-order valence-corrected chi connectivity index (χ2v) is 9.39. The summed E-state index contributed by atoms with van der Waals surface area (Å²) in [5.74, 6) is 0.592. The van der Waals surface area contributed by atoms with Crippen LogP contribution < -0.4 is 5.32 Å². The molecule has 1 fully saturated rings. The maximum absolute atomic E-state index is 13.3. The van der Waals surface area contributed by atoms with Gasteiger partial charge >= 0.3 is 0 Å². The molecule has 0 radical (unpaired) electrons. The van der Waals surface area contributed by atoms with Gasteiger partial charge in [-0.2, -0.15) is 0 Å². The fourth-order valence-electron chi connectivity index (χ4n) is 4.53. The second kappa shape index (κ2) is 9.63. The quantitative estimate of drug-likeness (QED) is 0.387. The van der Waals surface area contributed by atoms with Crippen LogP contribution in [-0.4, -0.2) is 48.9 Å². The molecule has 0 saturated carbocycles. The van der Waals surface area contributed by atoms with Gasteiger partial charge in [0.25, 0.3) is 5.91 Å². The number of anilines is 1. The summed E-state index contributed by atoms with van der Waals surface area (Å²) in [6, 6.07) is 23.2. The molecule has 1 aliphatic rings. The number of benzene rings is 3. The normalized spacial score (nSPS) is 16.0. The van der Waals surface area contributed by atoms with Crippen LogP contribution in [0.25, 0.3) is 11.0 Å². The highest BCUT2D eigenvalue weighted by Crippen LogP contribution is 2.41. The topological polar surface area (TPSA) is 48.7 Å². The van der Waals surface area contributed by atoms with Gasteiger partial charge in [-0.15, -0.1) is 0 Å². The lowest BCUT2D eigenvalue weighted by atomic mass is 10.00. The predicted octanol–water partition coefficient (Wildman–Crippen LogP) is 5.98. The van der Waals surface area contributed by atoms with E-state index in [-0.39, 0.29) is 11.9 Å². The van der Waals surface area contributed by atoms with Crippen molar-refractivity contribution in [2.75, 3.05) is 38.5 Å². The summed E-state index contributed by atoms with van der Waals surface area (Å²) in [7, 11) is 2.14. The van der Waals surface area contributed by atoms with E-state index in [0.29, 0.717) is 10.6 Å². The SMILES string of the molecule is Cc1ccc(C(=O)Nc2c(C(c3ccc(Cl)cc3)N3CCN(C)CC3)oc3ccccc23)cc1. The van der Waals surface area contributed by atoms with Crippen LogP contribution in [-0.2, 0) is 0 Å². The molecule has 1 atom stereocenters. The van der Waals surface area contributed by atoms with Crippen LogP contribution in [0.15, 0.2) is 77.2 Å². The lowest BCUT2D eigenvalue weighted by molar-refractivity contribution is 0.102. The number of likely N-dealkylation sites (N-methyl/N-ethyl adjacent to an activating group) is 1. The average molecular weight is 474 g/mol. The van der Waals surface area contributed by atoms with Crippen molar-refractivity contribution in [1.29, 1.82) is 0 Å². The summed E-state index contributed by atoms with van der Waals surface area (Å²) in [4.78, 5) is 18.0. The molecule has 174 valence electrons. The Morgan fingerprint density at radius 3 is 2.32 bits per heavy atom. The number of carbonyl (C=O) groups is 1. The zero-order valence-corrected chi connectivity index (χ0v) is 20.2. The molecule has 6 heteroatoms. The van der Waals surface area contributed by atoms with Gasteiger partial charge in [0.1, 0.15) is 11.3 Å². The highest BCUT2D eigenvalue weighted by atomic mass is 35.5. The molecule has 0 bridgehead atoms. The van der Waals surface area contributed by atoms with Crippen LogP contribution in [0.3, 0.4) is 0 Å². The largest absolute Gasteiger partial charge is 0.457 e. The number of rotatable bonds is 5. The molecule has 1 aromatic heterocycles. The number of nitrogens with one attached hydrogen (secondary N) is 1. The van der Waals surface area contributed by atoms with E-state index >= 15 is 0 Å². The number of furan rings is 1. The van der Waals surface area contributed by atoms with Crippen molar-refractivity contribution in [3.8, 4) is 0 Å². The fourth-order valence-corrected chi connectivity index (χ4v) is 4.66. The summed E-state index contributed by atoms with van der Waals surface area (Å²) in [6.45, 7) is 5.74. The molecule has 1 N–H and O–H groups in total. The van der Waals surface area contributed by atoms with Crippen LogP contribution in [0.5, 0.6) is 0 Å². The zero-order chi connectivity index (χ0) is 23.7. The van der Waals surface area contributed by atoms with Crippen LogP contribution >= 0.6 is 11.6 Å². The molecular weight excluding hydrogens is 446 g/mol. The highest BCUT2D eigenvalue weighted by molar-refractivity contribution is 6.30. The lowest BCUT2D eigenvalue weighted by Crippen LogP contribution is -2.46. The van der Waals surface area contributed by atoms with Gasteiger partial charge in [0.05, 0.1) is 11.7 Å². The van der Waals surface area contributed by atoms with Crippen LogP contribution in [0.1, 0.15) is 33.3 Å². The van der Waals surface area contributed by atoms with Crippen molar-refractivity contribution < 1.29 is 9.21 Å². The van der Waals surface area contributed by atoms with Crippen molar-refractivity contribution in [3.63, 3.8) is 0 Å². The monoisotopic (exact) mass is 473 g/mol. The van der Waals surface area contributed by atoms with Crippen LogP contribution in [0.4, 0.5) is 5.69 Å². The minimum absolute atomic E-state index is 0.147. The third-order valence-electron chi connectivity index (χ3n) is 6.51. The van der Waals surface area contributed by atoms with Gasteiger partial charge in [0.15, 0.2) is 0 Å². The van der Waals surface area contributed by atoms with Crippen LogP contribution in [0, 0.1) is 6.92 Å². The maximum atomic E-state index is 13.3. The number of amides is 1. The molecule has 1 amide bonds. The summed E-state index contributed by atoms with van der Waals surface area (Å²) in [6.07, 6.45) is 0. The van der Waals surface area contributed by atoms with E-state index in [1.54, 1.807) is 0 Å². The summed E-state index contributed by atoms with van der Waals surface area (Å²) in [5.41, 5.74) is 4.29. The van der Waals surface area contributed by atoms with Gasteiger partial charge < -0.3 is 14.6 Å². The molecule has 5 rings (SSSR count). The third kappa shape index (κ3) is 4.60. The first-order valence-corrected chi connectivity index (χ1v) is 11.9. The summed E-state index contributed by atoms with van der Waals surface area (Å²) < 4.78 is 6.48. The number of fused-ring (bicyclic) bond motifs is 1. The van der Waals surface area contributed by atoms with Gasteiger partial charge in [-0.1, -0.05) is 53.6 Å². The van der Waals surface area contributed by atoms with E-state index in [4.69, 9.17) is 16.0 Å². The number of piperazine rings is 1. The number of nitrogens with zero attached hydrogens (tertiary/aromatic N) is 2. The molecule has 5 nitrogen and oxygen atoms in total. The van der Waals surface area contributed by atoms with Crippen LogP contribution in [0.2, 0.25) is 5.02 Å². The molecule has 0 aliphatic carbocycles. The van der Waals surface area contributed by atoms with Gasteiger partial charge in [-0.05, 0) is 55.9 Å². The second-order valence-electron chi connectivity index (χ2n) is 8.95. The molecule has 1 aliphatic heterocycles. The fraction of sp³-hybridized carbons (Fsp3) is 0.250. The molecule has 1 saturated heterocycles. The van der Waals surface area contributed by atoms with Gasteiger partial charge in [-0.25, -0.2) is 0 Å². The molecule has 0 spiro atoms. The summed E-state index contributed by atoms with van der Waals surface area (Å²) in [5, 5.41) is 4.77. The first kappa shape index (κ1) is 22.7. The Balaban J connectivity index is 1.61. The van der Waals surface area contributed by atoms with Crippen molar-refractivity contribution in [2.24, 2.45) is 0 Å². The standard InChI is InChI=1S/C28H28ClN3O2/c1-19-7-9-21(10-8-19)28(33)30-25-23-5-3-4-6-24(23)34-27(25)26(20-11-13-22(29)14-12-20)32-17-15-31(2)16-18-32/h3-14,26H,15-18H2,1-2H3,(H,30,33). The zero-order valence-electron chi connectivity index (χ0n) is 19.4. The molecule has 2 heterocycles. The first-order chi connectivity index (χ1) is 16.5. The maximum Gasteiger partial charge on any atom is 0.255 e. The number of carbonyl (C=O) groups excluding carboxylic acids is 1. The molecule has 4 aromatic rings. The van der Waals surface area contributed by atoms with E-state index in [1.807, 2.05) is 79.7 Å². The van der Waals surface area contributed by atoms with Gasteiger partial charge in [0.2, 0.25) is 0 Å². The molecular formula is C28H28ClN3O2. The number of hydrogen-bond acceptors (Lipinski definition) is 4. The third-order valence-corrected chi connectivity index (χ3v) is 6.76. The smallest absolute Gasteiger partial charge is 0.255 e. The van der Waals surface area contributed by atoms with E-state index in [0.717, 1.165) is 59.7 Å². The van der Waals surface area contributed by atoms with Crippen molar-refractivity contribution in [2.45, 2.75) is 13.0 Å². The van der Waals surface area contributed by atoms with Crippen molar-refractivity contribution >= 4 is 34.2 Å². The first-order valence-electron chi connectivity index (χ1n) is 11.6. The minimum atomic E-state index is -0.152. The lowest BCUT2D eigenvalue weighted by Gasteiger charge is -2.37. The molecule has 34 heavy (non-hydrogen) atoms. The Bertz CT molecular complexity index is 1290. The number of halogens is 1. The average Bonchev–Trinajstić information content (AvgIpc) is 3.20. The Morgan fingerprint density at radius 1 is 0.941 bits per heavy atom. The molecule has 3 aromatic carbocycles. The van der Waals surface area contributed by atoms with E-state index in [9.17, 15) is 4.79 Å². The Hall–Kier alpha value is -3.12. The van der Waals surface area contributed by atoms with E-state index in [1.165, 1.54) is 0 Å². The number of para-hydroxylation sites is 1. The summed E-state index contributed by atoms with van der Waals surface area (Å²) >= 11 is 6.21. The van der Waals surface area contributed by atoms with E-state index < -0.39 is 0 Å². The minimum Gasteiger partial charge on any atom is -0.457 e. The predicted molar refractivity (Wildman–Crippen MR) is 138 cm³/mol. The van der Waals surface area contributed by atoms with Crippen molar-refractivity contribution in [1.82, 2.24) is 9.80 Å². The number of aryl methyl sites for hydroxylation is 1. The Labute approximate surface area is 204 Å². The Morgan fingerprint density at radius 2 is 1.62 bits per heavy atom. The van der Waals surface area contributed by atoms with Gasteiger partial charge in [0, 0.05) is 42.2 Å². The van der Waals surface area contributed by atoms with Crippen molar-refractivity contribution in [3.05, 3.63) is 100 Å².